The molecule has 12 heteroatoms. The fourth-order valence-electron chi connectivity index (χ4n) is 3.50. The molecule has 8 rings (SSSR count). The van der Waals surface area contributed by atoms with Crippen LogP contribution >= 0.6 is 94.1 Å². The van der Waals surface area contributed by atoms with Crippen LogP contribution < -0.4 is 0 Å². The average Bonchev–Trinajstić information content (AvgIpc) is 3.46. The summed E-state index contributed by atoms with van der Waals surface area (Å²) >= 11 is 13.7. The number of hydrogen-bond acceptors (Lipinski definition) is 12. The molecule has 0 spiro atoms. The molecule has 0 atom stereocenters. The predicted octanol–water partition coefficient (Wildman–Crippen LogP) is 8.72. The van der Waals surface area contributed by atoms with E-state index in [4.69, 9.17) is 19.9 Å². The summed E-state index contributed by atoms with van der Waals surface area (Å²) in [4.78, 5) is 24.9. The minimum atomic E-state index is 0.998. The van der Waals surface area contributed by atoms with Crippen molar-refractivity contribution in [1.82, 2.24) is 19.9 Å². The molecule has 4 aromatic rings. The van der Waals surface area contributed by atoms with Gasteiger partial charge in [0.15, 0.2) is 0 Å². The van der Waals surface area contributed by atoms with Crippen LogP contribution in [0.1, 0.15) is 0 Å². The normalized spacial score (nSPS) is 16.9. The van der Waals surface area contributed by atoms with E-state index < -0.39 is 0 Å². The quantitative estimate of drug-likeness (QED) is 0.172. The second-order valence-corrected chi connectivity index (χ2v) is 15.8. The van der Waals surface area contributed by atoms with Crippen molar-refractivity contribution >= 4 is 94.1 Å². The molecule has 0 N–H and O–H groups in total. The van der Waals surface area contributed by atoms with E-state index >= 15 is 0 Å². The van der Waals surface area contributed by atoms with E-state index in [1.54, 1.807) is 94.1 Å². The fraction of sp³-hybridized carbons (Fsp3) is 0. The third-order valence-corrected chi connectivity index (χ3v) is 15.0. The number of benzene rings is 2. The summed E-state index contributed by atoms with van der Waals surface area (Å²) in [6.07, 6.45) is 0. The van der Waals surface area contributed by atoms with Gasteiger partial charge in [0.05, 0.1) is 8.47 Å². The number of fused-ring (bicyclic) bond motifs is 6. The second-order valence-electron chi connectivity index (χ2n) is 7.17. The summed E-state index contributed by atoms with van der Waals surface area (Å²) in [5, 5.41) is 8.00. The molecular weight excluding hydrogens is 577 g/mol. The van der Waals surface area contributed by atoms with E-state index in [-0.39, 0.29) is 0 Å². The van der Waals surface area contributed by atoms with Crippen LogP contribution in [-0.2, 0) is 0 Å². The van der Waals surface area contributed by atoms with Crippen LogP contribution in [0.25, 0.3) is 0 Å². The highest BCUT2D eigenvalue weighted by Crippen LogP contribution is 2.62. The van der Waals surface area contributed by atoms with Gasteiger partial charge in [0.1, 0.15) is 40.2 Å². The Morgan fingerprint density at radius 3 is 0.824 bits per heavy atom. The Bertz CT molecular complexity index is 1360. The summed E-state index contributed by atoms with van der Waals surface area (Å²) in [5.74, 6) is 0. The molecule has 2 aromatic heterocycles. The summed E-state index contributed by atoms with van der Waals surface area (Å²) < 4.78 is 2.45. The maximum absolute atomic E-state index is 4.98. The van der Waals surface area contributed by atoms with Gasteiger partial charge >= 0.3 is 0 Å². The molecule has 0 aliphatic carbocycles. The first kappa shape index (κ1) is 21.2. The van der Waals surface area contributed by atoms with Crippen molar-refractivity contribution < 1.29 is 0 Å². The molecule has 34 heavy (non-hydrogen) atoms. The first-order valence-electron chi connectivity index (χ1n) is 9.96. The summed E-state index contributed by atoms with van der Waals surface area (Å²) in [5.41, 5.74) is 0. The number of hydrogen-bond donors (Lipinski definition) is 0. The van der Waals surface area contributed by atoms with Gasteiger partial charge in [-0.1, -0.05) is 118 Å². The largest absolute Gasteiger partial charge is 0.229 e. The Balaban J connectivity index is 1.09. The van der Waals surface area contributed by atoms with Crippen LogP contribution in [-0.4, -0.2) is 19.9 Å². The van der Waals surface area contributed by atoms with Gasteiger partial charge < -0.3 is 0 Å². The van der Waals surface area contributed by atoms with Crippen molar-refractivity contribution in [3.63, 3.8) is 0 Å². The highest BCUT2D eigenvalue weighted by atomic mass is 32.2. The van der Waals surface area contributed by atoms with Gasteiger partial charge in [-0.05, 0) is 24.3 Å². The van der Waals surface area contributed by atoms with Gasteiger partial charge in [0.25, 0.3) is 0 Å². The Morgan fingerprint density at radius 1 is 0.324 bits per heavy atom. The van der Waals surface area contributed by atoms with Crippen LogP contribution in [0, 0.1) is 0 Å². The maximum atomic E-state index is 4.98. The zero-order chi connectivity index (χ0) is 22.2. The molecule has 0 unspecified atom stereocenters. The van der Waals surface area contributed by atoms with Crippen molar-refractivity contribution in [3.8, 4) is 0 Å². The molecule has 4 nitrogen and oxygen atoms in total. The van der Waals surface area contributed by atoms with Crippen LogP contribution in [0.15, 0.2) is 117 Å². The first-order valence-corrected chi connectivity index (χ1v) is 16.5. The molecule has 0 fully saturated rings. The molecule has 0 saturated heterocycles. The van der Waals surface area contributed by atoms with Gasteiger partial charge in [-0.25, -0.2) is 19.9 Å². The minimum Gasteiger partial charge on any atom is -0.229 e. The lowest BCUT2D eigenvalue weighted by atomic mass is 10.4. The summed E-state index contributed by atoms with van der Waals surface area (Å²) in [7, 11) is 0. The topological polar surface area (TPSA) is 51.6 Å². The molecule has 0 amide bonds. The first-order chi connectivity index (χ1) is 16.8. The van der Waals surface area contributed by atoms with E-state index in [1.165, 1.54) is 28.1 Å². The van der Waals surface area contributed by atoms with Crippen molar-refractivity contribution in [2.75, 3.05) is 0 Å². The Hall–Kier alpha value is -0.860. The molecule has 4 aliphatic rings. The molecule has 164 valence electrons. The molecule has 0 bridgehead atoms. The number of aromatic nitrogens is 4. The van der Waals surface area contributed by atoms with E-state index in [9.17, 15) is 0 Å². The zero-order valence-corrected chi connectivity index (χ0v) is 23.2. The minimum absolute atomic E-state index is 0.998. The van der Waals surface area contributed by atoms with Gasteiger partial charge in [0, 0.05) is 19.6 Å². The van der Waals surface area contributed by atoms with Gasteiger partial charge in [-0.2, -0.15) is 0 Å². The average molecular weight is 585 g/mol. The van der Waals surface area contributed by atoms with Crippen molar-refractivity contribution in [1.29, 1.82) is 0 Å². The Morgan fingerprint density at radius 2 is 0.559 bits per heavy atom. The highest BCUT2D eigenvalue weighted by Gasteiger charge is 2.33. The van der Waals surface area contributed by atoms with Crippen LogP contribution in [0.5, 0.6) is 0 Å². The number of nitrogens with zero attached hydrogens (tertiary/aromatic N) is 4. The third-order valence-electron chi connectivity index (χ3n) is 4.99. The highest BCUT2D eigenvalue weighted by molar-refractivity contribution is 8.30. The Kier molecular flexibility index (Phi) is 5.21. The van der Waals surface area contributed by atoms with E-state index in [1.807, 2.05) is 0 Å². The number of thioether (sulfide) groups is 4. The smallest absolute Gasteiger partial charge is 0.135 e. The SMILES string of the molecule is c1ccc2c(c1)Sc1nc3c(nc1S2)SC(=C1Sc2nc4c(nc2S1)Sc1ccccc1S4)S3. The van der Waals surface area contributed by atoms with Crippen molar-refractivity contribution in [3.05, 3.63) is 57.0 Å². The molecule has 6 heterocycles. The van der Waals surface area contributed by atoms with Gasteiger partial charge in [0.2, 0.25) is 0 Å². The lowest BCUT2D eigenvalue weighted by Gasteiger charge is -2.16. The molecule has 2 aromatic carbocycles. The predicted molar refractivity (Wildman–Crippen MR) is 144 cm³/mol. The lowest BCUT2D eigenvalue weighted by molar-refractivity contribution is 0.766. The second kappa shape index (κ2) is 8.34. The fourth-order valence-corrected chi connectivity index (χ4v) is 12.8. The summed E-state index contributed by atoms with van der Waals surface area (Å²) in [6, 6.07) is 16.9. The van der Waals surface area contributed by atoms with Gasteiger partial charge in [-0.15, -0.1) is 0 Å². The molecular formula is C22H8N4S8. The standard InChI is InChI=1S/C22H8N4S8/c1-2-6-10-9(5-1)27-13-14(28-10)24-18-17(23-13)31-21(32-18)22-33-19-20(34-22)26-16-15(25-19)29-11-7-3-4-8-12(11)30-16/h1-8H. The molecule has 0 saturated carbocycles. The number of rotatable bonds is 0. The molecule has 0 radical (unpaired) electrons. The lowest BCUT2D eigenvalue weighted by Crippen LogP contribution is -1.97. The maximum Gasteiger partial charge on any atom is 0.135 e. The monoisotopic (exact) mass is 584 g/mol. The van der Waals surface area contributed by atoms with Crippen LogP contribution in [0.3, 0.4) is 0 Å². The summed E-state index contributed by atoms with van der Waals surface area (Å²) in [6.45, 7) is 0. The van der Waals surface area contributed by atoms with Crippen molar-refractivity contribution in [2.24, 2.45) is 0 Å². The van der Waals surface area contributed by atoms with E-state index in [0.29, 0.717) is 0 Å². The Labute approximate surface area is 228 Å². The molecule has 4 aliphatic heterocycles. The van der Waals surface area contributed by atoms with Crippen molar-refractivity contribution in [2.45, 2.75) is 59.8 Å². The van der Waals surface area contributed by atoms with E-state index in [0.717, 1.165) is 40.2 Å². The van der Waals surface area contributed by atoms with E-state index in [2.05, 4.69) is 48.5 Å². The zero-order valence-electron chi connectivity index (χ0n) is 16.7. The van der Waals surface area contributed by atoms with Crippen LogP contribution in [0.2, 0.25) is 0 Å². The van der Waals surface area contributed by atoms with Crippen LogP contribution in [0.4, 0.5) is 0 Å². The third kappa shape index (κ3) is 3.56. The van der Waals surface area contributed by atoms with Gasteiger partial charge in [-0.3, -0.25) is 0 Å².